The molecule has 0 unspecified atom stereocenters. The summed E-state index contributed by atoms with van der Waals surface area (Å²) in [6.45, 7) is 0. The molecule has 96 valence electrons. The molecule has 1 aliphatic rings. The summed E-state index contributed by atoms with van der Waals surface area (Å²) in [5, 5.41) is 0. The molecule has 1 aliphatic carbocycles. The van der Waals surface area contributed by atoms with Crippen LogP contribution in [-0.4, -0.2) is 6.43 Å². The van der Waals surface area contributed by atoms with Gasteiger partial charge in [0.05, 0.1) is 0 Å². The standard InChI is InChI=1S/C14H26F2/c15-14(16)12-13-10-8-6-4-2-1-3-5-7-9-11-13/h13-14H,1-12H2. The van der Waals surface area contributed by atoms with Crippen LogP contribution in [0.15, 0.2) is 0 Å². The van der Waals surface area contributed by atoms with Crippen LogP contribution in [0.2, 0.25) is 0 Å². The minimum Gasteiger partial charge on any atom is -0.211 e. The smallest absolute Gasteiger partial charge is 0.211 e. The van der Waals surface area contributed by atoms with E-state index >= 15 is 0 Å². The van der Waals surface area contributed by atoms with Crippen LogP contribution in [0.5, 0.6) is 0 Å². The van der Waals surface area contributed by atoms with Crippen molar-refractivity contribution in [3.63, 3.8) is 0 Å². The molecule has 0 nitrogen and oxygen atoms in total. The molecular formula is C14H26F2. The minimum atomic E-state index is -2.10. The average Bonchev–Trinajstić information content (AvgIpc) is 2.21. The zero-order chi connectivity index (χ0) is 11.6. The number of rotatable bonds is 2. The third-order valence-corrected chi connectivity index (χ3v) is 3.74. The first kappa shape index (κ1) is 13.9. The van der Waals surface area contributed by atoms with Crippen LogP contribution in [0.1, 0.15) is 77.0 Å². The van der Waals surface area contributed by atoms with Gasteiger partial charge in [-0.3, -0.25) is 0 Å². The molecular weight excluding hydrogens is 206 g/mol. The molecule has 2 heteroatoms. The lowest BCUT2D eigenvalue weighted by atomic mass is 9.91. The normalized spacial score (nSPS) is 22.7. The SMILES string of the molecule is FC(F)CC1CCCCCCCCCCC1. The first-order valence-corrected chi connectivity index (χ1v) is 7.07. The van der Waals surface area contributed by atoms with Crippen molar-refractivity contribution in [1.29, 1.82) is 0 Å². The highest BCUT2D eigenvalue weighted by atomic mass is 19.3. The number of hydrogen-bond acceptors (Lipinski definition) is 0. The van der Waals surface area contributed by atoms with Gasteiger partial charge in [-0.15, -0.1) is 0 Å². The molecule has 0 atom stereocenters. The molecule has 0 aromatic heterocycles. The minimum absolute atomic E-state index is 0.139. The van der Waals surface area contributed by atoms with Crippen LogP contribution in [0.3, 0.4) is 0 Å². The van der Waals surface area contributed by atoms with Crippen molar-refractivity contribution in [2.45, 2.75) is 83.5 Å². The van der Waals surface area contributed by atoms with Gasteiger partial charge < -0.3 is 0 Å². The summed E-state index contributed by atoms with van der Waals surface area (Å²) >= 11 is 0. The molecule has 0 heterocycles. The van der Waals surface area contributed by atoms with Gasteiger partial charge in [-0.1, -0.05) is 70.6 Å². The monoisotopic (exact) mass is 232 g/mol. The van der Waals surface area contributed by atoms with Crippen LogP contribution < -0.4 is 0 Å². The van der Waals surface area contributed by atoms with Crippen molar-refractivity contribution in [3.05, 3.63) is 0 Å². The Morgan fingerprint density at radius 3 is 1.44 bits per heavy atom. The van der Waals surface area contributed by atoms with Crippen LogP contribution in [0.25, 0.3) is 0 Å². The van der Waals surface area contributed by atoms with Crippen molar-refractivity contribution in [2.75, 3.05) is 0 Å². The van der Waals surface area contributed by atoms with E-state index in [2.05, 4.69) is 0 Å². The van der Waals surface area contributed by atoms with Gasteiger partial charge in [0.25, 0.3) is 0 Å². The lowest BCUT2D eigenvalue weighted by Crippen LogP contribution is -2.07. The van der Waals surface area contributed by atoms with E-state index in [1.165, 1.54) is 44.9 Å². The predicted octanol–water partition coefficient (Wildman–Crippen LogP) is 5.56. The van der Waals surface area contributed by atoms with E-state index in [0.717, 1.165) is 25.7 Å². The average molecular weight is 232 g/mol. The summed E-state index contributed by atoms with van der Waals surface area (Å²) in [6, 6.07) is 0. The van der Waals surface area contributed by atoms with Crippen molar-refractivity contribution >= 4 is 0 Å². The van der Waals surface area contributed by atoms with Gasteiger partial charge >= 0.3 is 0 Å². The molecule has 0 saturated heterocycles. The highest BCUT2D eigenvalue weighted by molar-refractivity contribution is 4.63. The first-order chi connectivity index (χ1) is 7.79. The Hall–Kier alpha value is -0.140. The molecule has 0 radical (unpaired) electrons. The molecule has 0 amide bonds. The Bertz CT molecular complexity index is 145. The quantitative estimate of drug-likeness (QED) is 0.584. The fraction of sp³-hybridized carbons (Fsp3) is 1.00. The van der Waals surface area contributed by atoms with Crippen molar-refractivity contribution < 1.29 is 8.78 Å². The van der Waals surface area contributed by atoms with Gasteiger partial charge in [-0.25, -0.2) is 8.78 Å². The van der Waals surface area contributed by atoms with Crippen LogP contribution in [-0.2, 0) is 0 Å². The molecule has 0 aromatic rings. The molecule has 0 N–H and O–H groups in total. The third-order valence-electron chi connectivity index (χ3n) is 3.74. The zero-order valence-corrected chi connectivity index (χ0v) is 10.4. The van der Waals surface area contributed by atoms with Gasteiger partial charge in [-0.2, -0.15) is 0 Å². The van der Waals surface area contributed by atoms with Gasteiger partial charge in [0.15, 0.2) is 0 Å². The summed E-state index contributed by atoms with van der Waals surface area (Å²) in [6.07, 6.45) is 11.6. The third kappa shape index (κ3) is 7.19. The van der Waals surface area contributed by atoms with E-state index in [4.69, 9.17) is 0 Å². The fourth-order valence-electron chi connectivity index (χ4n) is 2.74. The molecule has 0 aliphatic heterocycles. The molecule has 1 saturated carbocycles. The topological polar surface area (TPSA) is 0 Å². The maximum atomic E-state index is 12.4. The lowest BCUT2D eigenvalue weighted by Gasteiger charge is -2.17. The number of alkyl halides is 2. The Morgan fingerprint density at radius 2 is 1.06 bits per heavy atom. The van der Waals surface area contributed by atoms with E-state index in [1.807, 2.05) is 0 Å². The van der Waals surface area contributed by atoms with E-state index in [0.29, 0.717) is 5.92 Å². The Labute approximate surface area is 98.8 Å². The molecule has 0 spiro atoms. The van der Waals surface area contributed by atoms with Gasteiger partial charge in [0.2, 0.25) is 6.43 Å². The predicted molar refractivity (Wildman–Crippen MR) is 64.9 cm³/mol. The first-order valence-electron chi connectivity index (χ1n) is 7.07. The van der Waals surface area contributed by atoms with Crippen LogP contribution in [0, 0.1) is 5.92 Å². The van der Waals surface area contributed by atoms with Gasteiger partial charge in [-0.05, 0) is 5.92 Å². The Kier molecular flexibility index (Phi) is 7.79. The number of halogens is 2. The summed E-state index contributed by atoms with van der Waals surface area (Å²) in [7, 11) is 0. The van der Waals surface area contributed by atoms with Crippen LogP contribution >= 0.6 is 0 Å². The molecule has 1 rings (SSSR count). The second-order valence-corrected chi connectivity index (χ2v) is 5.25. The Morgan fingerprint density at radius 1 is 0.688 bits per heavy atom. The fourth-order valence-corrected chi connectivity index (χ4v) is 2.74. The zero-order valence-electron chi connectivity index (χ0n) is 10.4. The molecule has 0 aromatic carbocycles. The number of hydrogen-bond donors (Lipinski definition) is 0. The second kappa shape index (κ2) is 8.95. The Balaban J connectivity index is 2.24. The lowest BCUT2D eigenvalue weighted by molar-refractivity contribution is 0.108. The van der Waals surface area contributed by atoms with Crippen molar-refractivity contribution in [3.8, 4) is 0 Å². The summed E-state index contributed by atoms with van der Waals surface area (Å²) < 4.78 is 24.8. The second-order valence-electron chi connectivity index (χ2n) is 5.25. The summed E-state index contributed by atoms with van der Waals surface area (Å²) in [5.41, 5.74) is 0. The molecule has 16 heavy (non-hydrogen) atoms. The van der Waals surface area contributed by atoms with E-state index in [9.17, 15) is 8.78 Å². The van der Waals surface area contributed by atoms with Crippen LogP contribution in [0.4, 0.5) is 8.78 Å². The van der Waals surface area contributed by atoms with Crippen molar-refractivity contribution in [2.24, 2.45) is 5.92 Å². The molecule has 0 bridgehead atoms. The summed E-state index contributed by atoms with van der Waals surface area (Å²) in [5.74, 6) is 0.291. The maximum absolute atomic E-state index is 12.4. The van der Waals surface area contributed by atoms with E-state index in [-0.39, 0.29) is 6.42 Å². The highest BCUT2D eigenvalue weighted by Gasteiger charge is 2.14. The van der Waals surface area contributed by atoms with E-state index in [1.54, 1.807) is 0 Å². The summed E-state index contributed by atoms with van der Waals surface area (Å²) in [4.78, 5) is 0. The van der Waals surface area contributed by atoms with E-state index < -0.39 is 6.43 Å². The maximum Gasteiger partial charge on any atom is 0.238 e. The highest BCUT2D eigenvalue weighted by Crippen LogP contribution is 2.25. The van der Waals surface area contributed by atoms with Gasteiger partial charge in [0, 0.05) is 6.42 Å². The molecule has 1 fully saturated rings. The van der Waals surface area contributed by atoms with Gasteiger partial charge in [0.1, 0.15) is 0 Å². The van der Waals surface area contributed by atoms with Crippen molar-refractivity contribution in [1.82, 2.24) is 0 Å². The largest absolute Gasteiger partial charge is 0.238 e.